The zero-order chi connectivity index (χ0) is 14.4. The average molecular weight is 272 g/mol. The predicted molar refractivity (Wildman–Crippen MR) is 84.7 cm³/mol. The molecular weight excluding hydrogens is 248 g/mol. The average Bonchev–Trinajstić information content (AvgIpc) is 2.77. The first-order chi connectivity index (χ1) is 9.76. The Morgan fingerprint density at radius 1 is 1.35 bits per heavy atom. The molecule has 108 valence electrons. The molecule has 0 radical (unpaired) electrons. The fraction of sp³-hybridized carbons (Fsp3) is 0.412. The zero-order valence-electron chi connectivity index (χ0n) is 12.5. The number of rotatable bonds is 8. The molecular formula is C17H24N2O. The predicted octanol–water partition coefficient (Wildman–Crippen LogP) is 3.55. The molecule has 2 rings (SSSR count). The van der Waals surface area contributed by atoms with E-state index in [1.807, 2.05) is 18.2 Å². The van der Waals surface area contributed by atoms with Crippen molar-refractivity contribution >= 4 is 11.0 Å². The lowest BCUT2D eigenvalue weighted by Gasteiger charge is -2.13. The lowest BCUT2D eigenvalue weighted by atomic mass is 10.1. The highest BCUT2D eigenvalue weighted by atomic mass is 16.3. The van der Waals surface area contributed by atoms with Crippen molar-refractivity contribution in [1.29, 1.82) is 0 Å². The van der Waals surface area contributed by atoms with Crippen molar-refractivity contribution in [3.8, 4) is 0 Å². The third-order valence-corrected chi connectivity index (χ3v) is 3.36. The molecule has 1 aromatic heterocycles. The van der Waals surface area contributed by atoms with E-state index in [9.17, 15) is 0 Å². The minimum atomic E-state index is 0.809. The highest BCUT2D eigenvalue weighted by Gasteiger charge is 2.14. The summed E-state index contributed by atoms with van der Waals surface area (Å²) in [5.41, 5.74) is 2.26. The van der Waals surface area contributed by atoms with E-state index in [1.165, 1.54) is 10.9 Å². The van der Waals surface area contributed by atoms with Gasteiger partial charge in [0.25, 0.3) is 0 Å². The second kappa shape index (κ2) is 7.27. The van der Waals surface area contributed by atoms with Gasteiger partial charge in [0.2, 0.25) is 0 Å². The summed E-state index contributed by atoms with van der Waals surface area (Å²) < 4.78 is 6.03. The van der Waals surface area contributed by atoms with Crippen LogP contribution in [0, 0.1) is 0 Å². The molecule has 20 heavy (non-hydrogen) atoms. The SMILES string of the molecule is C=CCN(C)Cc1oc2ccccc2c1CNCCC. The largest absolute Gasteiger partial charge is 0.459 e. The maximum absolute atomic E-state index is 6.03. The molecule has 0 unspecified atom stereocenters. The molecule has 2 aromatic rings. The van der Waals surface area contributed by atoms with Gasteiger partial charge >= 0.3 is 0 Å². The van der Waals surface area contributed by atoms with Crippen LogP contribution in [0.2, 0.25) is 0 Å². The van der Waals surface area contributed by atoms with Gasteiger partial charge in [-0.15, -0.1) is 6.58 Å². The number of likely N-dealkylation sites (N-methyl/N-ethyl adjacent to an activating group) is 1. The summed E-state index contributed by atoms with van der Waals surface area (Å²) in [4.78, 5) is 2.20. The molecule has 0 aliphatic rings. The number of hydrogen-bond acceptors (Lipinski definition) is 3. The fourth-order valence-electron chi connectivity index (χ4n) is 2.39. The van der Waals surface area contributed by atoms with Crippen LogP contribution >= 0.6 is 0 Å². The molecule has 0 saturated carbocycles. The highest BCUT2D eigenvalue weighted by Crippen LogP contribution is 2.26. The zero-order valence-corrected chi connectivity index (χ0v) is 12.5. The number of nitrogens with one attached hydrogen (secondary N) is 1. The van der Waals surface area contributed by atoms with Crippen molar-refractivity contribution in [2.75, 3.05) is 20.1 Å². The summed E-state index contributed by atoms with van der Waals surface area (Å²) in [6.07, 6.45) is 3.05. The first-order valence-electron chi connectivity index (χ1n) is 7.25. The van der Waals surface area contributed by atoms with Crippen molar-refractivity contribution in [2.45, 2.75) is 26.4 Å². The Bertz CT molecular complexity index is 559. The minimum absolute atomic E-state index is 0.809. The first-order valence-corrected chi connectivity index (χ1v) is 7.25. The first kappa shape index (κ1) is 14.8. The van der Waals surface area contributed by atoms with E-state index in [1.54, 1.807) is 0 Å². The molecule has 1 heterocycles. The number of benzene rings is 1. The molecule has 1 N–H and O–H groups in total. The number of hydrogen-bond donors (Lipinski definition) is 1. The van der Waals surface area contributed by atoms with E-state index >= 15 is 0 Å². The summed E-state index contributed by atoms with van der Waals surface area (Å²) in [5, 5.41) is 4.70. The molecule has 0 atom stereocenters. The van der Waals surface area contributed by atoms with Crippen LogP contribution in [0.25, 0.3) is 11.0 Å². The molecule has 0 aliphatic heterocycles. The number of fused-ring (bicyclic) bond motifs is 1. The van der Waals surface area contributed by atoms with Gasteiger partial charge in [0.05, 0.1) is 6.54 Å². The van der Waals surface area contributed by atoms with E-state index in [2.05, 4.69) is 42.9 Å². The smallest absolute Gasteiger partial charge is 0.134 e. The normalized spacial score (nSPS) is 11.3. The Hall–Kier alpha value is -1.58. The summed E-state index contributed by atoms with van der Waals surface area (Å²) in [7, 11) is 2.08. The lowest BCUT2D eigenvalue weighted by molar-refractivity contribution is 0.325. The Morgan fingerprint density at radius 3 is 2.90 bits per heavy atom. The fourth-order valence-corrected chi connectivity index (χ4v) is 2.39. The summed E-state index contributed by atoms with van der Waals surface area (Å²) in [6, 6.07) is 8.26. The van der Waals surface area contributed by atoms with Crippen LogP contribution in [-0.2, 0) is 13.1 Å². The van der Waals surface area contributed by atoms with Gasteiger partial charge in [-0.2, -0.15) is 0 Å². The number of para-hydroxylation sites is 1. The van der Waals surface area contributed by atoms with E-state index < -0.39 is 0 Å². The highest BCUT2D eigenvalue weighted by molar-refractivity contribution is 5.82. The van der Waals surface area contributed by atoms with Gasteiger partial charge in [0.1, 0.15) is 11.3 Å². The van der Waals surface area contributed by atoms with Crippen molar-refractivity contribution in [3.05, 3.63) is 48.2 Å². The van der Waals surface area contributed by atoms with E-state index in [4.69, 9.17) is 4.42 Å². The van der Waals surface area contributed by atoms with Gasteiger partial charge in [0, 0.05) is 24.0 Å². The number of furan rings is 1. The van der Waals surface area contributed by atoms with Crippen LogP contribution < -0.4 is 5.32 Å². The Morgan fingerprint density at radius 2 is 2.15 bits per heavy atom. The Labute approximate surface area is 121 Å². The molecule has 0 spiro atoms. The lowest BCUT2D eigenvalue weighted by Crippen LogP contribution is -2.20. The minimum Gasteiger partial charge on any atom is -0.459 e. The second-order valence-corrected chi connectivity index (χ2v) is 5.16. The van der Waals surface area contributed by atoms with Gasteiger partial charge in [0.15, 0.2) is 0 Å². The van der Waals surface area contributed by atoms with Crippen molar-refractivity contribution in [3.63, 3.8) is 0 Å². The topological polar surface area (TPSA) is 28.4 Å². The molecule has 3 nitrogen and oxygen atoms in total. The van der Waals surface area contributed by atoms with Gasteiger partial charge < -0.3 is 9.73 Å². The van der Waals surface area contributed by atoms with Crippen LogP contribution in [0.1, 0.15) is 24.7 Å². The van der Waals surface area contributed by atoms with Crippen molar-refractivity contribution < 1.29 is 4.42 Å². The summed E-state index contributed by atoms with van der Waals surface area (Å²) >= 11 is 0. The van der Waals surface area contributed by atoms with Gasteiger partial charge in [-0.25, -0.2) is 0 Å². The molecule has 1 aromatic carbocycles. The molecule has 3 heteroatoms. The number of nitrogens with zero attached hydrogens (tertiary/aromatic N) is 1. The Kier molecular flexibility index (Phi) is 5.39. The second-order valence-electron chi connectivity index (χ2n) is 5.16. The van der Waals surface area contributed by atoms with Crippen LogP contribution in [0.3, 0.4) is 0 Å². The van der Waals surface area contributed by atoms with E-state index in [0.717, 1.165) is 43.9 Å². The molecule has 0 amide bonds. The third kappa shape index (κ3) is 3.50. The Balaban J connectivity index is 2.26. The van der Waals surface area contributed by atoms with E-state index in [0.29, 0.717) is 0 Å². The van der Waals surface area contributed by atoms with Crippen LogP contribution in [0.5, 0.6) is 0 Å². The van der Waals surface area contributed by atoms with Crippen LogP contribution in [0.4, 0.5) is 0 Å². The van der Waals surface area contributed by atoms with Gasteiger partial charge in [-0.3, -0.25) is 4.90 Å². The van der Waals surface area contributed by atoms with Crippen molar-refractivity contribution in [1.82, 2.24) is 10.2 Å². The standard InChI is InChI=1S/C17H24N2O/c1-4-10-18-12-15-14-8-6-7-9-16(14)20-17(15)13-19(3)11-5-2/h5-9,18H,2,4,10-13H2,1,3H3. The summed E-state index contributed by atoms with van der Waals surface area (Å²) in [5.74, 6) is 1.05. The monoisotopic (exact) mass is 272 g/mol. The van der Waals surface area contributed by atoms with Gasteiger partial charge in [-0.05, 0) is 26.1 Å². The maximum Gasteiger partial charge on any atom is 0.134 e. The molecule has 0 saturated heterocycles. The molecule has 0 aliphatic carbocycles. The molecule has 0 bridgehead atoms. The van der Waals surface area contributed by atoms with Crippen LogP contribution in [0.15, 0.2) is 41.3 Å². The maximum atomic E-state index is 6.03. The van der Waals surface area contributed by atoms with Crippen LogP contribution in [-0.4, -0.2) is 25.0 Å². The van der Waals surface area contributed by atoms with Crippen molar-refractivity contribution in [2.24, 2.45) is 0 Å². The van der Waals surface area contributed by atoms with E-state index in [-0.39, 0.29) is 0 Å². The quantitative estimate of drug-likeness (QED) is 0.588. The third-order valence-electron chi connectivity index (χ3n) is 3.36. The molecule has 0 fully saturated rings. The summed E-state index contributed by atoms with van der Waals surface area (Å²) in [6.45, 7) is 9.53. The van der Waals surface area contributed by atoms with Gasteiger partial charge in [-0.1, -0.05) is 31.2 Å².